The van der Waals surface area contributed by atoms with E-state index in [9.17, 15) is 22.0 Å². The maximum atomic E-state index is 13.0. The van der Waals surface area contributed by atoms with Crippen LogP contribution in [0.3, 0.4) is 0 Å². The zero-order valence-corrected chi connectivity index (χ0v) is 7.48. The van der Waals surface area contributed by atoms with Crippen LogP contribution < -0.4 is 5.73 Å². The van der Waals surface area contributed by atoms with Crippen LogP contribution in [0.5, 0.6) is 0 Å². The fraction of sp³-hybridized carbons (Fsp3) is 0.333. The highest BCUT2D eigenvalue weighted by atomic mass is 19.3. The normalized spacial score (nSPS) is 13.3. The van der Waals surface area contributed by atoms with E-state index in [2.05, 4.69) is 0 Å². The van der Waals surface area contributed by atoms with Crippen molar-refractivity contribution in [3.05, 3.63) is 35.1 Å². The summed E-state index contributed by atoms with van der Waals surface area (Å²) in [5.74, 6) is -3.94. The van der Waals surface area contributed by atoms with Crippen LogP contribution in [0.25, 0.3) is 0 Å². The minimum Gasteiger partial charge on any atom is -0.324 e. The summed E-state index contributed by atoms with van der Waals surface area (Å²) in [7, 11) is 0. The van der Waals surface area contributed by atoms with Gasteiger partial charge in [0.25, 0.3) is 0 Å². The highest BCUT2D eigenvalue weighted by Gasteiger charge is 2.22. The van der Waals surface area contributed by atoms with Crippen LogP contribution in [0.1, 0.15) is 18.0 Å². The molecule has 0 radical (unpaired) electrons. The second kappa shape index (κ2) is 4.57. The molecular formula is C9H8F5N. The van der Waals surface area contributed by atoms with E-state index < -0.39 is 41.9 Å². The fourth-order valence-electron chi connectivity index (χ4n) is 1.19. The standard InChI is InChI=1S/C9H8F5N/c10-4-1-2-5(11)9(14)8(4)6(15)3-7(12)13/h1-2,6-7H,3,15H2/t6-/m0/s1. The Morgan fingerprint density at radius 1 is 1.07 bits per heavy atom. The molecule has 0 saturated carbocycles. The van der Waals surface area contributed by atoms with Gasteiger partial charge in [0.1, 0.15) is 5.82 Å². The van der Waals surface area contributed by atoms with Crippen LogP contribution in [0, 0.1) is 17.5 Å². The molecule has 0 fully saturated rings. The van der Waals surface area contributed by atoms with Gasteiger partial charge in [-0.15, -0.1) is 0 Å². The summed E-state index contributed by atoms with van der Waals surface area (Å²) in [6, 6.07) is -0.330. The molecule has 84 valence electrons. The van der Waals surface area contributed by atoms with E-state index in [0.717, 1.165) is 0 Å². The maximum absolute atomic E-state index is 13.0. The third-order valence-corrected chi connectivity index (χ3v) is 1.88. The Bertz CT molecular complexity index is 353. The number of alkyl halides is 2. The van der Waals surface area contributed by atoms with Crippen LogP contribution in [-0.4, -0.2) is 6.43 Å². The quantitative estimate of drug-likeness (QED) is 0.621. The van der Waals surface area contributed by atoms with Crippen molar-refractivity contribution in [2.45, 2.75) is 18.9 Å². The summed E-state index contributed by atoms with van der Waals surface area (Å²) in [6.45, 7) is 0. The van der Waals surface area contributed by atoms with E-state index >= 15 is 0 Å². The Balaban J connectivity index is 3.07. The summed E-state index contributed by atoms with van der Waals surface area (Å²) in [5, 5.41) is 0. The van der Waals surface area contributed by atoms with Crippen molar-refractivity contribution < 1.29 is 22.0 Å². The van der Waals surface area contributed by atoms with Crippen LogP contribution >= 0.6 is 0 Å². The second-order valence-electron chi connectivity index (χ2n) is 2.99. The average Bonchev–Trinajstić information content (AvgIpc) is 2.11. The van der Waals surface area contributed by atoms with Crippen molar-refractivity contribution in [2.24, 2.45) is 5.73 Å². The Labute approximate surface area is 82.7 Å². The lowest BCUT2D eigenvalue weighted by Crippen LogP contribution is -2.18. The van der Waals surface area contributed by atoms with Crippen molar-refractivity contribution >= 4 is 0 Å². The third-order valence-electron chi connectivity index (χ3n) is 1.88. The van der Waals surface area contributed by atoms with Crippen molar-refractivity contribution in [3.63, 3.8) is 0 Å². The van der Waals surface area contributed by atoms with Gasteiger partial charge in [-0.05, 0) is 12.1 Å². The van der Waals surface area contributed by atoms with Gasteiger partial charge in [-0.3, -0.25) is 0 Å². The smallest absolute Gasteiger partial charge is 0.240 e. The predicted octanol–water partition coefficient (Wildman–Crippen LogP) is 2.76. The number of nitrogens with two attached hydrogens (primary N) is 1. The first kappa shape index (κ1) is 11.9. The van der Waals surface area contributed by atoms with Crippen LogP contribution in [0.2, 0.25) is 0 Å². The lowest BCUT2D eigenvalue weighted by atomic mass is 10.0. The zero-order valence-electron chi connectivity index (χ0n) is 7.48. The molecule has 0 spiro atoms. The predicted molar refractivity (Wildman–Crippen MR) is 43.9 cm³/mol. The van der Waals surface area contributed by atoms with E-state index in [0.29, 0.717) is 12.1 Å². The Hall–Kier alpha value is -1.17. The molecule has 0 aliphatic carbocycles. The number of halogens is 5. The van der Waals surface area contributed by atoms with E-state index in [1.54, 1.807) is 0 Å². The number of hydrogen-bond donors (Lipinski definition) is 1. The van der Waals surface area contributed by atoms with Gasteiger partial charge < -0.3 is 5.73 Å². The molecule has 15 heavy (non-hydrogen) atoms. The average molecular weight is 225 g/mol. The molecule has 1 atom stereocenters. The molecule has 1 nitrogen and oxygen atoms in total. The summed E-state index contributed by atoms with van der Waals surface area (Å²) in [5.41, 5.74) is 4.30. The highest BCUT2D eigenvalue weighted by molar-refractivity contribution is 5.24. The zero-order chi connectivity index (χ0) is 11.6. The molecular weight excluding hydrogens is 217 g/mol. The van der Waals surface area contributed by atoms with Crippen LogP contribution in [-0.2, 0) is 0 Å². The molecule has 1 aromatic rings. The van der Waals surface area contributed by atoms with Gasteiger partial charge in [-0.2, -0.15) is 0 Å². The molecule has 0 unspecified atom stereocenters. The first-order chi connectivity index (χ1) is 6.93. The van der Waals surface area contributed by atoms with E-state index in [-0.39, 0.29) is 0 Å². The molecule has 1 rings (SSSR count). The van der Waals surface area contributed by atoms with Crippen LogP contribution in [0.15, 0.2) is 12.1 Å². The molecule has 1 aromatic carbocycles. The SMILES string of the molecule is N[C@@H](CC(F)F)c1c(F)ccc(F)c1F. The lowest BCUT2D eigenvalue weighted by molar-refractivity contribution is 0.127. The summed E-state index contributed by atoms with van der Waals surface area (Å²) in [4.78, 5) is 0. The molecule has 0 heterocycles. The van der Waals surface area contributed by atoms with Crippen molar-refractivity contribution in [1.82, 2.24) is 0 Å². The molecule has 0 aromatic heterocycles. The highest BCUT2D eigenvalue weighted by Crippen LogP contribution is 2.25. The molecule has 6 heteroatoms. The first-order valence-corrected chi connectivity index (χ1v) is 4.10. The number of rotatable bonds is 3. The van der Waals surface area contributed by atoms with Gasteiger partial charge in [-0.25, -0.2) is 22.0 Å². The van der Waals surface area contributed by atoms with E-state index in [4.69, 9.17) is 5.73 Å². The summed E-state index contributed by atoms with van der Waals surface area (Å²) >= 11 is 0. The van der Waals surface area contributed by atoms with Gasteiger partial charge in [0.2, 0.25) is 6.43 Å². The van der Waals surface area contributed by atoms with Crippen molar-refractivity contribution in [3.8, 4) is 0 Å². The van der Waals surface area contributed by atoms with E-state index in [1.165, 1.54) is 0 Å². The first-order valence-electron chi connectivity index (χ1n) is 4.10. The number of hydrogen-bond acceptors (Lipinski definition) is 1. The van der Waals surface area contributed by atoms with Gasteiger partial charge in [-0.1, -0.05) is 0 Å². The van der Waals surface area contributed by atoms with E-state index in [1.807, 2.05) is 0 Å². The third kappa shape index (κ3) is 2.65. The van der Waals surface area contributed by atoms with Gasteiger partial charge in [0.15, 0.2) is 11.6 Å². The molecule has 0 bridgehead atoms. The molecule has 0 amide bonds. The number of benzene rings is 1. The minimum absolute atomic E-state index is 0.573. The maximum Gasteiger partial charge on any atom is 0.240 e. The van der Waals surface area contributed by atoms with Gasteiger partial charge in [0.05, 0.1) is 0 Å². The topological polar surface area (TPSA) is 26.0 Å². The Kier molecular flexibility index (Phi) is 3.62. The van der Waals surface area contributed by atoms with Crippen LogP contribution in [0.4, 0.5) is 22.0 Å². The van der Waals surface area contributed by atoms with Gasteiger partial charge >= 0.3 is 0 Å². The largest absolute Gasteiger partial charge is 0.324 e. The molecule has 0 saturated heterocycles. The molecule has 0 aliphatic rings. The van der Waals surface area contributed by atoms with Gasteiger partial charge in [0, 0.05) is 18.0 Å². The fourth-order valence-corrected chi connectivity index (χ4v) is 1.19. The summed E-state index contributed by atoms with van der Waals surface area (Å²) in [6.07, 6.45) is -3.72. The lowest BCUT2D eigenvalue weighted by Gasteiger charge is -2.13. The second-order valence-corrected chi connectivity index (χ2v) is 2.99. The minimum atomic E-state index is -2.80. The van der Waals surface area contributed by atoms with Crippen molar-refractivity contribution in [2.75, 3.05) is 0 Å². The Morgan fingerprint density at radius 2 is 1.60 bits per heavy atom. The van der Waals surface area contributed by atoms with Crippen molar-refractivity contribution in [1.29, 1.82) is 0 Å². The monoisotopic (exact) mass is 225 g/mol. The summed E-state index contributed by atoms with van der Waals surface area (Å²) < 4.78 is 62.5. The Morgan fingerprint density at radius 3 is 2.13 bits per heavy atom. The molecule has 0 aliphatic heterocycles. The molecule has 2 N–H and O–H groups in total.